The summed E-state index contributed by atoms with van der Waals surface area (Å²) in [4.78, 5) is 14.4. The largest absolute Gasteiger partial charge is 0.477 e. The maximum atomic E-state index is 10.6. The van der Waals surface area contributed by atoms with E-state index >= 15 is 0 Å². The summed E-state index contributed by atoms with van der Waals surface area (Å²) in [6, 6.07) is 3.51. The molecule has 1 aromatic rings. The molecule has 5 heteroatoms. The molecule has 0 unspecified atom stereocenters. The molecule has 5 nitrogen and oxygen atoms in total. The molecule has 80 valence electrons. The van der Waals surface area contributed by atoms with Crippen molar-refractivity contribution in [2.45, 2.75) is 12.5 Å². The lowest BCUT2D eigenvalue weighted by Gasteiger charge is -2.11. The predicted octanol–water partition coefficient (Wildman–Crippen LogP) is 0.981. The Kier molecular flexibility index (Phi) is 2.82. The third-order valence-electron chi connectivity index (χ3n) is 2.28. The van der Waals surface area contributed by atoms with Gasteiger partial charge in [-0.25, -0.2) is 9.78 Å². The second kappa shape index (κ2) is 4.27. The highest BCUT2D eigenvalue weighted by Gasteiger charge is 2.15. The topological polar surface area (TPSA) is 71.5 Å². The minimum Gasteiger partial charge on any atom is -0.477 e. The first kappa shape index (κ1) is 9.92. The summed E-state index contributed by atoms with van der Waals surface area (Å²) in [6.45, 7) is 1.47. The van der Waals surface area contributed by atoms with Gasteiger partial charge in [0.1, 0.15) is 5.69 Å². The molecule has 0 spiro atoms. The van der Waals surface area contributed by atoms with Crippen LogP contribution in [0.2, 0.25) is 0 Å². The fraction of sp³-hybridized carbons (Fsp3) is 0.400. The Morgan fingerprint density at radius 1 is 1.60 bits per heavy atom. The first-order valence-corrected chi connectivity index (χ1v) is 4.79. The van der Waals surface area contributed by atoms with E-state index in [9.17, 15) is 4.79 Å². The molecule has 0 bridgehead atoms. The lowest BCUT2D eigenvalue weighted by Crippen LogP contribution is -2.19. The number of nitrogens with one attached hydrogen (secondary N) is 1. The van der Waals surface area contributed by atoms with E-state index in [1.165, 1.54) is 12.3 Å². The molecular formula is C10H12N2O3. The van der Waals surface area contributed by atoms with Gasteiger partial charge in [0, 0.05) is 6.61 Å². The summed E-state index contributed by atoms with van der Waals surface area (Å²) in [5.41, 5.74) is 0.888. The minimum atomic E-state index is -1.01. The monoisotopic (exact) mass is 208 g/mol. The van der Waals surface area contributed by atoms with E-state index in [1.807, 2.05) is 0 Å². The van der Waals surface area contributed by atoms with Gasteiger partial charge in [0.05, 0.1) is 24.5 Å². The van der Waals surface area contributed by atoms with Crippen LogP contribution in [0.15, 0.2) is 18.3 Å². The van der Waals surface area contributed by atoms with Crippen molar-refractivity contribution in [2.24, 2.45) is 0 Å². The van der Waals surface area contributed by atoms with Gasteiger partial charge >= 0.3 is 5.97 Å². The molecule has 2 rings (SSSR count). The van der Waals surface area contributed by atoms with Crippen molar-refractivity contribution in [3.8, 4) is 0 Å². The number of carboxylic acids is 1. The number of hydrogen-bond acceptors (Lipinski definition) is 4. The molecule has 1 atom stereocenters. The fourth-order valence-corrected chi connectivity index (χ4v) is 1.49. The van der Waals surface area contributed by atoms with Crippen molar-refractivity contribution in [3.63, 3.8) is 0 Å². The standard InChI is InChI=1S/C10H12N2O3/c13-10(14)9-2-1-7(5-11-9)12-8-3-4-15-6-8/h1-2,5,8,12H,3-4,6H2,(H,13,14)/t8-/m0/s1. The third kappa shape index (κ3) is 2.44. The summed E-state index contributed by atoms with van der Waals surface area (Å²) in [6.07, 6.45) is 2.50. The van der Waals surface area contributed by atoms with Gasteiger partial charge in [-0.3, -0.25) is 0 Å². The zero-order chi connectivity index (χ0) is 10.7. The van der Waals surface area contributed by atoms with Crippen LogP contribution in [0.1, 0.15) is 16.9 Å². The van der Waals surface area contributed by atoms with Gasteiger partial charge < -0.3 is 15.2 Å². The van der Waals surface area contributed by atoms with Gasteiger partial charge in [-0.15, -0.1) is 0 Å². The molecular weight excluding hydrogens is 196 g/mol. The number of anilines is 1. The summed E-state index contributed by atoms with van der Waals surface area (Å²) in [5.74, 6) is -1.01. The molecule has 1 saturated heterocycles. The zero-order valence-corrected chi connectivity index (χ0v) is 8.14. The van der Waals surface area contributed by atoms with Crippen molar-refractivity contribution < 1.29 is 14.6 Å². The number of hydrogen-bond donors (Lipinski definition) is 2. The molecule has 1 aromatic heterocycles. The smallest absolute Gasteiger partial charge is 0.354 e. The molecule has 0 aromatic carbocycles. The van der Waals surface area contributed by atoms with Crippen molar-refractivity contribution in [2.75, 3.05) is 18.5 Å². The van der Waals surface area contributed by atoms with Crippen LogP contribution in [0.5, 0.6) is 0 Å². The molecule has 1 aliphatic rings. The van der Waals surface area contributed by atoms with Gasteiger partial charge in [0.15, 0.2) is 0 Å². The van der Waals surface area contributed by atoms with Crippen molar-refractivity contribution >= 4 is 11.7 Å². The average molecular weight is 208 g/mol. The van der Waals surface area contributed by atoms with Crippen LogP contribution >= 0.6 is 0 Å². The highest BCUT2D eigenvalue weighted by molar-refractivity contribution is 5.85. The lowest BCUT2D eigenvalue weighted by atomic mass is 10.2. The van der Waals surface area contributed by atoms with Gasteiger partial charge in [-0.2, -0.15) is 0 Å². The third-order valence-corrected chi connectivity index (χ3v) is 2.28. The van der Waals surface area contributed by atoms with Crippen LogP contribution < -0.4 is 5.32 Å². The number of ether oxygens (including phenoxy) is 1. The molecule has 0 amide bonds. The number of carboxylic acid groups (broad SMARTS) is 1. The normalized spacial score (nSPS) is 20.1. The van der Waals surface area contributed by atoms with Crippen LogP contribution in [-0.2, 0) is 4.74 Å². The van der Waals surface area contributed by atoms with E-state index in [1.54, 1.807) is 6.07 Å². The number of aromatic nitrogens is 1. The maximum Gasteiger partial charge on any atom is 0.354 e. The van der Waals surface area contributed by atoms with Crippen LogP contribution in [0.4, 0.5) is 5.69 Å². The Balaban J connectivity index is 2.00. The molecule has 1 fully saturated rings. The molecule has 2 heterocycles. The Morgan fingerprint density at radius 3 is 3.00 bits per heavy atom. The number of carbonyl (C=O) groups is 1. The predicted molar refractivity (Wildman–Crippen MR) is 54.0 cm³/mol. The summed E-state index contributed by atoms with van der Waals surface area (Å²) in [7, 11) is 0. The van der Waals surface area contributed by atoms with E-state index in [0.717, 1.165) is 18.7 Å². The van der Waals surface area contributed by atoms with Crippen LogP contribution in [0, 0.1) is 0 Å². The Morgan fingerprint density at radius 2 is 2.47 bits per heavy atom. The van der Waals surface area contributed by atoms with E-state index in [2.05, 4.69) is 10.3 Å². The maximum absolute atomic E-state index is 10.6. The van der Waals surface area contributed by atoms with Crippen molar-refractivity contribution in [1.29, 1.82) is 0 Å². The van der Waals surface area contributed by atoms with Gasteiger partial charge in [0.2, 0.25) is 0 Å². The van der Waals surface area contributed by atoms with Gasteiger partial charge in [-0.05, 0) is 18.6 Å². The lowest BCUT2D eigenvalue weighted by molar-refractivity contribution is 0.0690. The highest BCUT2D eigenvalue weighted by atomic mass is 16.5. The van der Waals surface area contributed by atoms with Crippen LogP contribution in [0.3, 0.4) is 0 Å². The fourth-order valence-electron chi connectivity index (χ4n) is 1.49. The summed E-state index contributed by atoms with van der Waals surface area (Å²) < 4.78 is 5.21. The van der Waals surface area contributed by atoms with E-state index < -0.39 is 5.97 Å². The second-order valence-electron chi connectivity index (χ2n) is 3.44. The van der Waals surface area contributed by atoms with Crippen LogP contribution in [0.25, 0.3) is 0 Å². The summed E-state index contributed by atoms with van der Waals surface area (Å²) >= 11 is 0. The van der Waals surface area contributed by atoms with Crippen molar-refractivity contribution in [3.05, 3.63) is 24.0 Å². The van der Waals surface area contributed by atoms with E-state index in [4.69, 9.17) is 9.84 Å². The average Bonchev–Trinajstić information content (AvgIpc) is 2.71. The SMILES string of the molecule is O=C(O)c1ccc(N[C@H]2CCOC2)cn1. The quantitative estimate of drug-likeness (QED) is 0.774. The first-order chi connectivity index (χ1) is 7.25. The Labute approximate surface area is 87.1 Å². The van der Waals surface area contributed by atoms with Gasteiger partial charge in [0.25, 0.3) is 0 Å². The van der Waals surface area contributed by atoms with Crippen molar-refractivity contribution in [1.82, 2.24) is 4.98 Å². The molecule has 0 saturated carbocycles. The molecule has 15 heavy (non-hydrogen) atoms. The Hall–Kier alpha value is -1.62. The second-order valence-corrected chi connectivity index (χ2v) is 3.44. The van der Waals surface area contributed by atoms with E-state index in [-0.39, 0.29) is 5.69 Å². The molecule has 0 aliphatic carbocycles. The number of nitrogens with zero attached hydrogens (tertiary/aromatic N) is 1. The molecule has 1 aliphatic heterocycles. The zero-order valence-electron chi connectivity index (χ0n) is 8.14. The first-order valence-electron chi connectivity index (χ1n) is 4.79. The minimum absolute atomic E-state index is 0.0585. The Bertz CT molecular complexity index is 344. The van der Waals surface area contributed by atoms with Crippen LogP contribution in [-0.4, -0.2) is 35.3 Å². The van der Waals surface area contributed by atoms with E-state index in [0.29, 0.717) is 12.6 Å². The molecule has 0 radical (unpaired) electrons. The summed E-state index contributed by atoms with van der Waals surface area (Å²) in [5, 5.41) is 11.9. The van der Waals surface area contributed by atoms with Gasteiger partial charge in [-0.1, -0.05) is 0 Å². The number of aromatic carboxylic acids is 1. The number of rotatable bonds is 3. The number of pyridine rings is 1. The molecule has 2 N–H and O–H groups in total. The highest BCUT2D eigenvalue weighted by Crippen LogP contribution is 2.12.